The van der Waals surface area contributed by atoms with Gasteiger partial charge in [-0.1, -0.05) is 36.4 Å². The monoisotopic (exact) mass is 514 g/mol. The first-order chi connectivity index (χ1) is 18.3. The highest BCUT2D eigenvalue weighted by Gasteiger charge is 2.24. The number of carbonyl (C=O) groups is 1. The van der Waals surface area contributed by atoms with E-state index < -0.39 is 27.1 Å². The number of amides is 1. The largest absolute Gasteiger partial charge is 0.493 e. The topological polar surface area (TPSA) is 158 Å². The highest BCUT2D eigenvalue weighted by Crippen LogP contribution is 2.41. The lowest BCUT2D eigenvalue weighted by molar-refractivity contribution is -0.394. The predicted octanol–water partition coefficient (Wildman–Crippen LogP) is 5.26. The van der Waals surface area contributed by atoms with E-state index in [-0.39, 0.29) is 35.8 Å². The molecule has 192 valence electrons. The van der Waals surface area contributed by atoms with Crippen molar-refractivity contribution in [2.45, 2.75) is 13.0 Å². The summed E-state index contributed by atoms with van der Waals surface area (Å²) in [5.41, 5.74) is 0.590. The van der Waals surface area contributed by atoms with Gasteiger partial charge in [0, 0.05) is 18.2 Å². The quantitative estimate of drug-likeness (QED) is 0.119. The standard InChI is InChI=1S/C27H22N4O7/c1-3-7-20-12-19(13-21(16-28)27(32)29-17-18-8-5-4-6-9-18)14-25(37-2)26(20)38-24-11-10-22(30(33)34)15-23(24)31(35)36/h3-6,8-15H,1,7,17H2,2H3,(H,29,32)/b21-13+. The average molecular weight is 514 g/mol. The van der Waals surface area contributed by atoms with Gasteiger partial charge in [-0.05, 0) is 41.8 Å². The zero-order valence-corrected chi connectivity index (χ0v) is 20.2. The van der Waals surface area contributed by atoms with Gasteiger partial charge in [0.2, 0.25) is 5.75 Å². The van der Waals surface area contributed by atoms with Crippen LogP contribution in [0.5, 0.6) is 17.2 Å². The van der Waals surface area contributed by atoms with Gasteiger partial charge in [0.05, 0.1) is 23.0 Å². The maximum Gasteiger partial charge on any atom is 0.318 e. The number of ether oxygens (including phenoxy) is 2. The number of nitriles is 1. The van der Waals surface area contributed by atoms with Crippen LogP contribution in [0.2, 0.25) is 0 Å². The first-order valence-corrected chi connectivity index (χ1v) is 11.1. The first-order valence-electron chi connectivity index (χ1n) is 11.1. The molecule has 11 heteroatoms. The fourth-order valence-electron chi connectivity index (χ4n) is 3.49. The summed E-state index contributed by atoms with van der Waals surface area (Å²) in [6, 6.07) is 17.3. The maximum atomic E-state index is 12.6. The Morgan fingerprint density at radius 3 is 2.42 bits per heavy atom. The molecule has 3 rings (SSSR count). The highest BCUT2D eigenvalue weighted by molar-refractivity contribution is 6.01. The number of hydrogen-bond acceptors (Lipinski definition) is 8. The Morgan fingerprint density at radius 1 is 1.08 bits per heavy atom. The zero-order valence-electron chi connectivity index (χ0n) is 20.2. The minimum Gasteiger partial charge on any atom is -0.493 e. The lowest BCUT2D eigenvalue weighted by atomic mass is 10.0. The van der Waals surface area contributed by atoms with Crippen molar-refractivity contribution in [3.63, 3.8) is 0 Å². The van der Waals surface area contributed by atoms with Crippen molar-refractivity contribution in [3.05, 3.63) is 116 Å². The molecule has 11 nitrogen and oxygen atoms in total. The van der Waals surface area contributed by atoms with Crippen molar-refractivity contribution in [3.8, 4) is 23.3 Å². The number of non-ortho nitro benzene ring substituents is 1. The van der Waals surface area contributed by atoms with Gasteiger partial charge in [-0.15, -0.1) is 6.58 Å². The van der Waals surface area contributed by atoms with Crippen LogP contribution in [-0.4, -0.2) is 22.9 Å². The number of methoxy groups -OCH3 is 1. The normalized spacial score (nSPS) is 10.7. The molecular weight excluding hydrogens is 492 g/mol. The van der Waals surface area contributed by atoms with Crippen LogP contribution in [0.4, 0.5) is 11.4 Å². The van der Waals surface area contributed by atoms with E-state index in [1.54, 1.807) is 12.1 Å². The Bertz CT molecular complexity index is 1460. The number of nitrogens with zero attached hydrogens (tertiary/aromatic N) is 3. The number of hydrogen-bond donors (Lipinski definition) is 1. The number of nitrogens with one attached hydrogen (secondary N) is 1. The molecule has 38 heavy (non-hydrogen) atoms. The molecule has 1 N–H and O–H groups in total. The molecule has 0 fully saturated rings. The number of carbonyl (C=O) groups excluding carboxylic acids is 1. The number of nitro benzene ring substituents is 2. The molecule has 0 saturated carbocycles. The van der Waals surface area contributed by atoms with Crippen molar-refractivity contribution < 1.29 is 24.1 Å². The Labute approximate surface area is 217 Å². The molecule has 0 aromatic heterocycles. The Hall–Kier alpha value is -5.50. The summed E-state index contributed by atoms with van der Waals surface area (Å²) >= 11 is 0. The van der Waals surface area contributed by atoms with Crippen LogP contribution in [0.15, 0.2) is 78.9 Å². The molecule has 0 bridgehead atoms. The third-order valence-electron chi connectivity index (χ3n) is 5.27. The Balaban J connectivity index is 1.98. The van der Waals surface area contributed by atoms with Gasteiger partial charge in [-0.25, -0.2) is 0 Å². The molecule has 0 heterocycles. The molecule has 0 unspecified atom stereocenters. The fourth-order valence-corrected chi connectivity index (χ4v) is 3.49. The molecule has 0 aliphatic carbocycles. The number of allylic oxidation sites excluding steroid dienone is 1. The van der Waals surface area contributed by atoms with Crippen LogP contribution in [0.1, 0.15) is 16.7 Å². The van der Waals surface area contributed by atoms with E-state index >= 15 is 0 Å². The van der Waals surface area contributed by atoms with Crippen LogP contribution >= 0.6 is 0 Å². The smallest absolute Gasteiger partial charge is 0.318 e. The number of nitro groups is 2. The summed E-state index contributed by atoms with van der Waals surface area (Å²) in [6.45, 7) is 3.95. The molecule has 3 aromatic carbocycles. The highest BCUT2D eigenvalue weighted by atomic mass is 16.6. The van der Waals surface area contributed by atoms with E-state index in [1.807, 2.05) is 36.4 Å². The van der Waals surface area contributed by atoms with Gasteiger partial charge in [0.1, 0.15) is 11.6 Å². The third kappa shape index (κ3) is 6.58. The second-order valence-electron chi connectivity index (χ2n) is 7.81. The van der Waals surface area contributed by atoms with Gasteiger partial charge in [0.25, 0.3) is 11.6 Å². The van der Waals surface area contributed by atoms with E-state index in [2.05, 4.69) is 11.9 Å². The Kier molecular flexibility index (Phi) is 8.88. The molecule has 0 atom stereocenters. The minimum atomic E-state index is -0.785. The molecule has 0 spiro atoms. The Morgan fingerprint density at radius 2 is 1.82 bits per heavy atom. The molecule has 0 saturated heterocycles. The van der Waals surface area contributed by atoms with Gasteiger partial charge >= 0.3 is 5.69 Å². The summed E-state index contributed by atoms with van der Waals surface area (Å²) in [5, 5.41) is 34.9. The number of rotatable bonds is 11. The van der Waals surface area contributed by atoms with E-state index in [0.29, 0.717) is 11.1 Å². The van der Waals surface area contributed by atoms with Crippen molar-refractivity contribution in [2.75, 3.05) is 7.11 Å². The van der Waals surface area contributed by atoms with E-state index in [9.17, 15) is 30.3 Å². The second kappa shape index (κ2) is 12.5. The van der Waals surface area contributed by atoms with Crippen LogP contribution in [0.25, 0.3) is 6.08 Å². The summed E-state index contributed by atoms with van der Waals surface area (Å²) in [7, 11) is 1.36. The van der Waals surface area contributed by atoms with E-state index in [0.717, 1.165) is 23.8 Å². The summed E-state index contributed by atoms with van der Waals surface area (Å²) < 4.78 is 11.3. The third-order valence-corrected chi connectivity index (χ3v) is 5.27. The van der Waals surface area contributed by atoms with Crippen molar-refractivity contribution >= 4 is 23.4 Å². The van der Waals surface area contributed by atoms with Gasteiger partial charge in [-0.3, -0.25) is 25.0 Å². The molecule has 0 aliphatic heterocycles. The van der Waals surface area contributed by atoms with Crippen LogP contribution < -0.4 is 14.8 Å². The lowest BCUT2D eigenvalue weighted by Gasteiger charge is -2.16. The van der Waals surface area contributed by atoms with Crippen molar-refractivity contribution in [1.29, 1.82) is 5.26 Å². The second-order valence-corrected chi connectivity index (χ2v) is 7.81. The predicted molar refractivity (Wildman–Crippen MR) is 139 cm³/mol. The zero-order chi connectivity index (χ0) is 27.7. The van der Waals surface area contributed by atoms with E-state index in [4.69, 9.17) is 9.47 Å². The van der Waals surface area contributed by atoms with Crippen molar-refractivity contribution in [2.24, 2.45) is 0 Å². The molecular formula is C27H22N4O7. The van der Waals surface area contributed by atoms with Crippen LogP contribution in [0, 0.1) is 31.6 Å². The minimum absolute atomic E-state index is 0.119. The molecule has 1 amide bonds. The summed E-state index contributed by atoms with van der Waals surface area (Å²) in [6.07, 6.45) is 3.20. The molecule has 3 aromatic rings. The summed E-state index contributed by atoms with van der Waals surface area (Å²) in [4.78, 5) is 33.7. The fraction of sp³-hybridized carbons (Fsp3) is 0.111. The number of benzene rings is 3. The van der Waals surface area contributed by atoms with Gasteiger partial charge in [0.15, 0.2) is 11.5 Å². The first kappa shape index (κ1) is 27.1. The average Bonchev–Trinajstić information content (AvgIpc) is 2.92. The molecule has 0 aliphatic rings. The van der Waals surface area contributed by atoms with Gasteiger partial charge < -0.3 is 14.8 Å². The van der Waals surface area contributed by atoms with E-state index in [1.165, 1.54) is 19.3 Å². The maximum absolute atomic E-state index is 12.6. The van der Waals surface area contributed by atoms with Crippen LogP contribution in [0.3, 0.4) is 0 Å². The molecule has 0 radical (unpaired) electrons. The lowest BCUT2D eigenvalue weighted by Crippen LogP contribution is -2.23. The van der Waals surface area contributed by atoms with Gasteiger partial charge in [-0.2, -0.15) is 5.26 Å². The SMILES string of the molecule is C=CCc1cc(/C=C(\C#N)C(=O)NCc2ccccc2)cc(OC)c1Oc1ccc([N+](=O)[O-])cc1[N+](=O)[O-]. The van der Waals surface area contributed by atoms with Crippen LogP contribution in [-0.2, 0) is 17.8 Å². The summed E-state index contributed by atoms with van der Waals surface area (Å²) in [5.74, 6) is -0.522. The van der Waals surface area contributed by atoms with Crippen molar-refractivity contribution in [1.82, 2.24) is 5.32 Å².